The van der Waals surface area contributed by atoms with Gasteiger partial charge in [0.15, 0.2) is 5.13 Å². The molecule has 4 rings (SSSR count). The van der Waals surface area contributed by atoms with Crippen LogP contribution < -0.4 is 10.6 Å². The molecule has 0 saturated heterocycles. The van der Waals surface area contributed by atoms with E-state index in [0.717, 1.165) is 24.1 Å². The number of rotatable bonds is 3. The maximum Gasteiger partial charge on any atom is 0.325 e. The molecule has 1 aliphatic carbocycles. The highest BCUT2D eigenvalue weighted by Gasteiger charge is 2.13. The highest BCUT2D eigenvalue weighted by atomic mass is 32.1. The molecule has 1 aliphatic rings. The third-order valence-corrected chi connectivity index (χ3v) is 5.25. The van der Waals surface area contributed by atoms with Crippen LogP contribution in [-0.4, -0.2) is 11.0 Å². The van der Waals surface area contributed by atoms with Gasteiger partial charge in [-0.3, -0.25) is 5.32 Å². The summed E-state index contributed by atoms with van der Waals surface area (Å²) >= 11 is 1.35. The largest absolute Gasteiger partial charge is 0.325 e. The number of carbonyl (C=O) groups is 1. The van der Waals surface area contributed by atoms with Crippen molar-refractivity contribution in [1.82, 2.24) is 4.98 Å². The molecule has 0 fully saturated rings. The fourth-order valence-electron chi connectivity index (χ4n) is 3.17. The number of para-hydroxylation sites is 1. The normalized spacial score (nSPS) is 13.1. The number of fused-ring (bicyclic) bond motifs is 1. The second-order valence-electron chi connectivity index (χ2n) is 6.29. The molecule has 3 aromatic rings. The molecule has 1 heterocycles. The Bertz CT molecular complexity index is 954. The zero-order valence-corrected chi connectivity index (χ0v) is 14.9. The highest BCUT2D eigenvalue weighted by molar-refractivity contribution is 7.14. The van der Waals surface area contributed by atoms with Gasteiger partial charge in [-0.05, 0) is 55.0 Å². The number of aromatic nitrogens is 1. The Kier molecular flexibility index (Phi) is 4.67. The molecule has 4 nitrogen and oxygen atoms in total. The molecule has 0 aliphatic heterocycles. The standard InChI is InChI=1S/C20H18FN3OS/c21-16-7-3-4-8-17(16)22-19(25)24-20-23-18(12-26-20)15-10-9-13-5-1-2-6-14(13)11-15/h3-4,7-12H,1-2,5-6H2,(H2,22,23,24,25). The van der Waals surface area contributed by atoms with Crippen molar-refractivity contribution in [2.24, 2.45) is 0 Å². The minimum Gasteiger partial charge on any atom is -0.305 e. The molecule has 0 atom stereocenters. The maximum atomic E-state index is 13.6. The number of benzene rings is 2. The molecule has 6 heteroatoms. The summed E-state index contributed by atoms with van der Waals surface area (Å²) in [5, 5.41) is 7.55. The Hall–Kier alpha value is -2.73. The van der Waals surface area contributed by atoms with Crippen molar-refractivity contribution in [3.8, 4) is 11.3 Å². The van der Waals surface area contributed by atoms with Crippen LogP contribution in [0.15, 0.2) is 47.8 Å². The number of hydrogen-bond acceptors (Lipinski definition) is 3. The summed E-state index contributed by atoms with van der Waals surface area (Å²) in [5.74, 6) is -0.475. The van der Waals surface area contributed by atoms with Gasteiger partial charge in [-0.1, -0.05) is 24.3 Å². The van der Waals surface area contributed by atoms with Gasteiger partial charge in [0.25, 0.3) is 0 Å². The third kappa shape index (κ3) is 3.60. The number of halogens is 1. The molecule has 1 aromatic heterocycles. The Morgan fingerprint density at radius 1 is 1.04 bits per heavy atom. The summed E-state index contributed by atoms with van der Waals surface area (Å²) in [6, 6.07) is 12.0. The van der Waals surface area contributed by atoms with E-state index in [9.17, 15) is 9.18 Å². The summed E-state index contributed by atoms with van der Waals surface area (Å²) in [6.45, 7) is 0. The van der Waals surface area contributed by atoms with Gasteiger partial charge in [-0.25, -0.2) is 14.2 Å². The fourth-order valence-corrected chi connectivity index (χ4v) is 3.88. The molecule has 0 spiro atoms. The Morgan fingerprint density at radius 3 is 2.69 bits per heavy atom. The van der Waals surface area contributed by atoms with Crippen molar-refractivity contribution in [3.63, 3.8) is 0 Å². The van der Waals surface area contributed by atoms with Crippen molar-refractivity contribution in [2.45, 2.75) is 25.7 Å². The van der Waals surface area contributed by atoms with Gasteiger partial charge in [0, 0.05) is 10.9 Å². The molecular weight excluding hydrogens is 349 g/mol. The molecule has 0 saturated carbocycles. The van der Waals surface area contributed by atoms with Crippen LogP contribution in [0.2, 0.25) is 0 Å². The van der Waals surface area contributed by atoms with Crippen LogP contribution in [0, 0.1) is 5.82 Å². The van der Waals surface area contributed by atoms with Gasteiger partial charge >= 0.3 is 6.03 Å². The van der Waals surface area contributed by atoms with E-state index in [-0.39, 0.29) is 5.69 Å². The van der Waals surface area contributed by atoms with Gasteiger partial charge in [0.05, 0.1) is 11.4 Å². The molecule has 132 valence electrons. The van der Waals surface area contributed by atoms with Gasteiger partial charge < -0.3 is 5.32 Å². The lowest BCUT2D eigenvalue weighted by molar-refractivity contribution is 0.262. The molecule has 26 heavy (non-hydrogen) atoms. The first kappa shape index (κ1) is 16.7. The van der Waals surface area contributed by atoms with Gasteiger partial charge in [0.2, 0.25) is 0 Å². The fraction of sp³-hybridized carbons (Fsp3) is 0.200. The van der Waals surface area contributed by atoms with Crippen LogP contribution in [0.25, 0.3) is 11.3 Å². The molecule has 2 amide bonds. The number of hydrogen-bond donors (Lipinski definition) is 2. The van der Waals surface area contributed by atoms with Crippen molar-refractivity contribution in [1.29, 1.82) is 0 Å². The summed E-state index contributed by atoms with van der Waals surface area (Å²) in [5.41, 5.74) is 4.86. The summed E-state index contributed by atoms with van der Waals surface area (Å²) in [4.78, 5) is 16.5. The van der Waals surface area contributed by atoms with Crippen LogP contribution in [-0.2, 0) is 12.8 Å². The topological polar surface area (TPSA) is 54.0 Å². The average molecular weight is 367 g/mol. The lowest BCUT2D eigenvalue weighted by Crippen LogP contribution is -2.19. The second-order valence-corrected chi connectivity index (χ2v) is 7.15. The minimum absolute atomic E-state index is 0.136. The van der Waals surface area contributed by atoms with Crippen molar-refractivity contribution >= 4 is 28.2 Å². The molecule has 0 unspecified atom stereocenters. The van der Waals surface area contributed by atoms with E-state index in [0.29, 0.717) is 5.13 Å². The number of nitrogens with zero attached hydrogens (tertiary/aromatic N) is 1. The number of nitrogens with one attached hydrogen (secondary N) is 2. The van der Waals surface area contributed by atoms with E-state index in [1.165, 1.54) is 47.4 Å². The minimum atomic E-state index is -0.513. The third-order valence-electron chi connectivity index (χ3n) is 4.49. The number of carbonyl (C=O) groups excluding carboxylic acids is 1. The van der Waals surface area contributed by atoms with Crippen LogP contribution >= 0.6 is 11.3 Å². The number of thiazole rings is 1. The van der Waals surface area contributed by atoms with E-state index >= 15 is 0 Å². The SMILES string of the molecule is O=C(Nc1nc(-c2ccc3c(c2)CCCC3)cs1)Nc1ccccc1F. The summed E-state index contributed by atoms with van der Waals surface area (Å²) in [6.07, 6.45) is 4.75. The zero-order valence-electron chi connectivity index (χ0n) is 14.1. The Labute approximate surface area is 155 Å². The van der Waals surface area contributed by atoms with E-state index in [1.807, 2.05) is 5.38 Å². The van der Waals surface area contributed by atoms with Crippen LogP contribution in [0.4, 0.5) is 20.0 Å². The number of urea groups is 1. The predicted octanol–water partition coefficient (Wildman–Crippen LogP) is 5.47. The second kappa shape index (κ2) is 7.25. The molecule has 0 radical (unpaired) electrons. The van der Waals surface area contributed by atoms with Gasteiger partial charge in [-0.15, -0.1) is 11.3 Å². The first-order valence-electron chi connectivity index (χ1n) is 8.59. The Balaban J connectivity index is 1.46. The van der Waals surface area contributed by atoms with Gasteiger partial charge in [0.1, 0.15) is 5.82 Å². The van der Waals surface area contributed by atoms with E-state index in [4.69, 9.17) is 0 Å². The summed E-state index contributed by atoms with van der Waals surface area (Å²) < 4.78 is 13.6. The number of aryl methyl sites for hydroxylation is 2. The first-order valence-corrected chi connectivity index (χ1v) is 9.47. The lowest BCUT2D eigenvalue weighted by Gasteiger charge is -2.16. The van der Waals surface area contributed by atoms with Crippen LogP contribution in [0.1, 0.15) is 24.0 Å². The van der Waals surface area contributed by atoms with E-state index in [1.54, 1.807) is 12.1 Å². The monoisotopic (exact) mass is 367 g/mol. The lowest BCUT2D eigenvalue weighted by atomic mass is 9.90. The zero-order chi connectivity index (χ0) is 17.9. The van der Waals surface area contributed by atoms with Crippen molar-refractivity contribution in [2.75, 3.05) is 10.6 Å². The van der Waals surface area contributed by atoms with E-state index < -0.39 is 11.8 Å². The molecule has 2 aromatic carbocycles. The molecule has 0 bridgehead atoms. The average Bonchev–Trinajstić information content (AvgIpc) is 3.11. The number of anilines is 2. The molecular formula is C20H18FN3OS. The maximum absolute atomic E-state index is 13.6. The Morgan fingerprint density at radius 2 is 1.85 bits per heavy atom. The predicted molar refractivity (Wildman–Crippen MR) is 103 cm³/mol. The quantitative estimate of drug-likeness (QED) is 0.645. The van der Waals surface area contributed by atoms with Gasteiger partial charge in [-0.2, -0.15) is 0 Å². The van der Waals surface area contributed by atoms with E-state index in [2.05, 4.69) is 33.8 Å². The smallest absolute Gasteiger partial charge is 0.305 e. The molecule has 2 N–H and O–H groups in total. The first-order chi connectivity index (χ1) is 12.7. The van der Waals surface area contributed by atoms with Crippen molar-refractivity contribution < 1.29 is 9.18 Å². The highest BCUT2D eigenvalue weighted by Crippen LogP contribution is 2.29. The van der Waals surface area contributed by atoms with Crippen LogP contribution in [0.5, 0.6) is 0 Å². The van der Waals surface area contributed by atoms with Crippen LogP contribution in [0.3, 0.4) is 0 Å². The summed E-state index contributed by atoms with van der Waals surface area (Å²) in [7, 11) is 0. The van der Waals surface area contributed by atoms with Crippen molar-refractivity contribution in [3.05, 3.63) is 64.8 Å². The number of amides is 2.